The Morgan fingerprint density at radius 2 is 1.63 bits per heavy atom. The molecule has 0 aliphatic heterocycles. The van der Waals surface area contributed by atoms with Gasteiger partial charge in [-0.1, -0.05) is 51.3 Å². The minimum atomic E-state index is 0.269. The fourth-order valence-electron chi connectivity index (χ4n) is 1.85. The van der Waals surface area contributed by atoms with E-state index in [-0.39, 0.29) is 6.04 Å². The molecule has 0 aliphatic carbocycles. The van der Waals surface area contributed by atoms with Crippen molar-refractivity contribution in [3.8, 4) is 0 Å². The van der Waals surface area contributed by atoms with E-state index in [1.54, 1.807) is 6.07 Å². The molecule has 1 N–H and O–H groups in total. The largest absolute Gasteiger partial charge is 0.306 e. The second-order valence-electron chi connectivity index (χ2n) is 4.43. The van der Waals surface area contributed by atoms with Crippen LogP contribution in [0.4, 0.5) is 0 Å². The Labute approximate surface area is 132 Å². The summed E-state index contributed by atoms with van der Waals surface area (Å²) in [5, 5.41) is 4.79. The maximum atomic E-state index is 5.98. The second kappa shape index (κ2) is 6.76. The van der Waals surface area contributed by atoms with Crippen molar-refractivity contribution >= 4 is 39.1 Å². The second-order valence-corrected chi connectivity index (χ2v) is 6.22. The molecule has 19 heavy (non-hydrogen) atoms. The van der Waals surface area contributed by atoms with Gasteiger partial charge in [-0.05, 0) is 48.4 Å². The lowest BCUT2D eigenvalue weighted by Gasteiger charge is -2.14. The molecule has 4 heteroatoms. The first kappa shape index (κ1) is 14.9. The lowest BCUT2D eigenvalue weighted by atomic mass is 10.1. The molecule has 1 nitrogen and oxygen atoms in total. The Balaban J connectivity index is 1.99. The third-order valence-corrected chi connectivity index (χ3v) is 3.87. The molecule has 100 valence electrons. The number of benzene rings is 2. The summed E-state index contributed by atoms with van der Waals surface area (Å²) in [4.78, 5) is 0. The van der Waals surface area contributed by atoms with Gasteiger partial charge in [0.05, 0.1) is 0 Å². The molecule has 0 bridgehead atoms. The normalized spacial score (nSPS) is 12.4. The van der Waals surface area contributed by atoms with Crippen molar-refractivity contribution < 1.29 is 0 Å². The van der Waals surface area contributed by atoms with Gasteiger partial charge in [0, 0.05) is 27.1 Å². The lowest BCUT2D eigenvalue weighted by molar-refractivity contribution is 0.574. The summed E-state index contributed by atoms with van der Waals surface area (Å²) < 4.78 is 1.09. The zero-order valence-corrected chi connectivity index (χ0v) is 13.6. The van der Waals surface area contributed by atoms with Gasteiger partial charge in [0.2, 0.25) is 0 Å². The number of hydrogen-bond donors (Lipinski definition) is 1. The van der Waals surface area contributed by atoms with Crippen LogP contribution in [-0.4, -0.2) is 0 Å². The van der Waals surface area contributed by atoms with Crippen molar-refractivity contribution in [2.24, 2.45) is 0 Å². The van der Waals surface area contributed by atoms with Gasteiger partial charge in [0.1, 0.15) is 0 Å². The summed E-state index contributed by atoms with van der Waals surface area (Å²) in [5.74, 6) is 0. The van der Waals surface area contributed by atoms with E-state index in [0.717, 1.165) is 16.6 Å². The monoisotopic (exact) mass is 357 g/mol. The quantitative estimate of drug-likeness (QED) is 0.749. The molecule has 0 saturated heterocycles. The van der Waals surface area contributed by atoms with Crippen molar-refractivity contribution in [2.45, 2.75) is 19.5 Å². The van der Waals surface area contributed by atoms with E-state index >= 15 is 0 Å². The fourth-order valence-corrected chi connectivity index (χ4v) is 2.69. The molecule has 1 atom stereocenters. The third kappa shape index (κ3) is 4.50. The molecule has 2 aromatic rings. The van der Waals surface area contributed by atoms with Crippen molar-refractivity contribution in [1.82, 2.24) is 5.32 Å². The molecule has 2 aromatic carbocycles. The Kier molecular flexibility index (Phi) is 5.28. The SMILES string of the molecule is CC(NCc1cc(Cl)cc(Cl)c1)c1ccc(Br)cc1. The predicted molar refractivity (Wildman–Crippen MR) is 85.9 cm³/mol. The van der Waals surface area contributed by atoms with Crippen LogP contribution in [0.1, 0.15) is 24.1 Å². The number of nitrogens with one attached hydrogen (secondary N) is 1. The lowest BCUT2D eigenvalue weighted by Crippen LogP contribution is -2.18. The van der Waals surface area contributed by atoms with Crippen LogP contribution in [0.25, 0.3) is 0 Å². The molecule has 0 heterocycles. The van der Waals surface area contributed by atoms with Crippen LogP contribution < -0.4 is 5.32 Å². The highest BCUT2D eigenvalue weighted by molar-refractivity contribution is 9.10. The highest BCUT2D eigenvalue weighted by atomic mass is 79.9. The molecule has 0 radical (unpaired) electrons. The molecule has 2 rings (SSSR count). The van der Waals surface area contributed by atoms with Gasteiger partial charge in [0.25, 0.3) is 0 Å². The molecule has 0 amide bonds. The zero-order valence-electron chi connectivity index (χ0n) is 10.5. The summed E-state index contributed by atoms with van der Waals surface area (Å²) in [6.07, 6.45) is 0. The Morgan fingerprint density at radius 3 is 2.21 bits per heavy atom. The van der Waals surface area contributed by atoms with E-state index in [2.05, 4.69) is 40.3 Å². The molecule has 0 fully saturated rings. The standard InChI is InChI=1S/C15H14BrCl2N/c1-10(12-2-4-13(16)5-3-12)19-9-11-6-14(17)8-15(18)7-11/h2-8,10,19H,9H2,1H3. The van der Waals surface area contributed by atoms with Crippen molar-refractivity contribution in [3.05, 3.63) is 68.1 Å². The first-order valence-electron chi connectivity index (χ1n) is 5.98. The van der Waals surface area contributed by atoms with Crippen LogP contribution >= 0.6 is 39.1 Å². The van der Waals surface area contributed by atoms with E-state index < -0.39 is 0 Å². The number of halogens is 3. The van der Waals surface area contributed by atoms with Crippen molar-refractivity contribution in [2.75, 3.05) is 0 Å². The van der Waals surface area contributed by atoms with E-state index in [0.29, 0.717) is 10.0 Å². The predicted octanol–water partition coefficient (Wildman–Crippen LogP) is 5.61. The summed E-state index contributed by atoms with van der Waals surface area (Å²) in [7, 11) is 0. The fraction of sp³-hybridized carbons (Fsp3) is 0.200. The van der Waals surface area contributed by atoms with Gasteiger partial charge >= 0.3 is 0 Å². The van der Waals surface area contributed by atoms with Crippen LogP contribution in [0.2, 0.25) is 10.0 Å². The summed E-state index contributed by atoms with van der Waals surface area (Å²) >= 11 is 15.4. The molecule has 0 aromatic heterocycles. The van der Waals surface area contributed by atoms with Crippen molar-refractivity contribution in [3.63, 3.8) is 0 Å². The van der Waals surface area contributed by atoms with E-state index in [4.69, 9.17) is 23.2 Å². The Bertz CT molecular complexity index is 534. The maximum absolute atomic E-state index is 5.98. The number of rotatable bonds is 4. The molecule has 0 spiro atoms. The molecule has 0 aliphatic rings. The Morgan fingerprint density at radius 1 is 1.05 bits per heavy atom. The van der Waals surface area contributed by atoms with Crippen LogP contribution in [0.15, 0.2) is 46.9 Å². The zero-order chi connectivity index (χ0) is 13.8. The number of hydrogen-bond acceptors (Lipinski definition) is 1. The van der Waals surface area contributed by atoms with E-state index in [1.807, 2.05) is 24.3 Å². The van der Waals surface area contributed by atoms with Gasteiger partial charge in [-0.3, -0.25) is 0 Å². The van der Waals surface area contributed by atoms with Gasteiger partial charge in [0.15, 0.2) is 0 Å². The van der Waals surface area contributed by atoms with Crippen LogP contribution in [0, 0.1) is 0 Å². The summed E-state index contributed by atoms with van der Waals surface area (Å²) in [6, 6.07) is 14.2. The highest BCUT2D eigenvalue weighted by Gasteiger charge is 2.05. The average Bonchev–Trinajstić information content (AvgIpc) is 2.36. The Hall–Kier alpha value is -0.540. The smallest absolute Gasteiger partial charge is 0.0424 e. The van der Waals surface area contributed by atoms with Crippen LogP contribution in [0.3, 0.4) is 0 Å². The van der Waals surface area contributed by atoms with Gasteiger partial charge < -0.3 is 5.32 Å². The topological polar surface area (TPSA) is 12.0 Å². The van der Waals surface area contributed by atoms with Gasteiger partial charge in [-0.25, -0.2) is 0 Å². The third-order valence-electron chi connectivity index (χ3n) is 2.90. The first-order valence-corrected chi connectivity index (χ1v) is 7.53. The molecule has 1 unspecified atom stereocenters. The molecular formula is C15H14BrCl2N. The van der Waals surface area contributed by atoms with Crippen molar-refractivity contribution in [1.29, 1.82) is 0 Å². The highest BCUT2D eigenvalue weighted by Crippen LogP contribution is 2.20. The van der Waals surface area contributed by atoms with E-state index in [1.165, 1.54) is 5.56 Å². The summed E-state index contributed by atoms with van der Waals surface area (Å²) in [6.45, 7) is 2.87. The van der Waals surface area contributed by atoms with Gasteiger partial charge in [-0.2, -0.15) is 0 Å². The van der Waals surface area contributed by atoms with Crippen LogP contribution in [0.5, 0.6) is 0 Å². The van der Waals surface area contributed by atoms with E-state index in [9.17, 15) is 0 Å². The van der Waals surface area contributed by atoms with Gasteiger partial charge in [-0.15, -0.1) is 0 Å². The summed E-state index contributed by atoms with van der Waals surface area (Å²) in [5.41, 5.74) is 2.33. The maximum Gasteiger partial charge on any atom is 0.0424 e. The first-order chi connectivity index (χ1) is 9.04. The molecular weight excluding hydrogens is 345 g/mol. The minimum absolute atomic E-state index is 0.269. The average molecular weight is 359 g/mol. The minimum Gasteiger partial charge on any atom is -0.306 e. The van der Waals surface area contributed by atoms with Crippen LogP contribution in [-0.2, 0) is 6.54 Å². The molecule has 0 saturated carbocycles.